The van der Waals surface area contributed by atoms with Gasteiger partial charge in [-0.2, -0.15) is 0 Å². The average molecular weight is 380 g/mol. The summed E-state index contributed by atoms with van der Waals surface area (Å²) in [6.07, 6.45) is 0. The molecule has 1 heterocycles. The molecular formula is C22H28N4O2. The first-order chi connectivity index (χ1) is 13.2. The van der Waals surface area contributed by atoms with Crippen LogP contribution in [0.15, 0.2) is 42.5 Å². The highest BCUT2D eigenvalue weighted by atomic mass is 16.5. The zero-order chi connectivity index (χ0) is 20.6. The molecule has 1 amide bonds. The van der Waals surface area contributed by atoms with E-state index in [0.717, 1.165) is 22.2 Å². The maximum atomic E-state index is 13.3. The molecule has 0 aliphatic heterocycles. The number of aromatic nitrogens is 1. The van der Waals surface area contributed by atoms with Crippen molar-refractivity contribution in [3.8, 4) is 5.75 Å². The van der Waals surface area contributed by atoms with Crippen LogP contribution in [0.25, 0.3) is 10.9 Å². The van der Waals surface area contributed by atoms with Gasteiger partial charge in [-0.1, -0.05) is 39.0 Å². The molecule has 3 N–H and O–H groups in total. The van der Waals surface area contributed by atoms with Crippen LogP contribution >= 0.6 is 0 Å². The summed E-state index contributed by atoms with van der Waals surface area (Å²) in [5.74, 6) is 6.57. The SMILES string of the molecule is CNc1cc(C(C)(C)C)cc(N(N)C(=O)c2cc3ccccc3n2C)c1OC. The number of carbonyl (C=O) groups is 1. The summed E-state index contributed by atoms with van der Waals surface area (Å²) in [4.78, 5) is 13.3. The molecule has 0 atom stereocenters. The number of anilines is 2. The summed E-state index contributed by atoms with van der Waals surface area (Å²) in [5, 5.41) is 5.31. The predicted molar refractivity (Wildman–Crippen MR) is 115 cm³/mol. The number of nitrogens with zero attached hydrogens (tertiary/aromatic N) is 2. The van der Waals surface area contributed by atoms with Crippen LogP contribution in [-0.2, 0) is 12.5 Å². The van der Waals surface area contributed by atoms with Gasteiger partial charge in [0.05, 0.1) is 12.8 Å². The van der Waals surface area contributed by atoms with Crippen molar-refractivity contribution in [1.29, 1.82) is 0 Å². The van der Waals surface area contributed by atoms with E-state index in [2.05, 4.69) is 26.1 Å². The summed E-state index contributed by atoms with van der Waals surface area (Å²) in [7, 11) is 5.26. The maximum Gasteiger partial charge on any atom is 0.289 e. The fourth-order valence-corrected chi connectivity index (χ4v) is 3.35. The topological polar surface area (TPSA) is 72.5 Å². The van der Waals surface area contributed by atoms with Gasteiger partial charge < -0.3 is 14.6 Å². The van der Waals surface area contributed by atoms with Crippen molar-refractivity contribution in [2.45, 2.75) is 26.2 Å². The number of hydrogen-bond acceptors (Lipinski definition) is 4. The Morgan fingerprint density at radius 1 is 1.18 bits per heavy atom. The van der Waals surface area contributed by atoms with Gasteiger partial charge in [-0.3, -0.25) is 4.79 Å². The van der Waals surface area contributed by atoms with E-state index in [0.29, 0.717) is 17.1 Å². The molecule has 0 radical (unpaired) electrons. The second-order valence-corrected chi connectivity index (χ2v) is 7.90. The number of para-hydroxylation sites is 1. The summed E-state index contributed by atoms with van der Waals surface area (Å²) in [5.41, 5.74) is 3.73. The van der Waals surface area contributed by atoms with Crippen molar-refractivity contribution in [2.24, 2.45) is 12.9 Å². The Kier molecular flexibility index (Phi) is 5.08. The molecule has 3 rings (SSSR count). The molecule has 148 valence electrons. The zero-order valence-electron chi connectivity index (χ0n) is 17.3. The van der Waals surface area contributed by atoms with Gasteiger partial charge in [-0.05, 0) is 35.2 Å². The van der Waals surface area contributed by atoms with Gasteiger partial charge in [-0.15, -0.1) is 0 Å². The lowest BCUT2D eigenvalue weighted by Gasteiger charge is -2.26. The largest absolute Gasteiger partial charge is 0.492 e. The van der Waals surface area contributed by atoms with Crippen LogP contribution in [0.2, 0.25) is 0 Å². The number of hydrogen-bond donors (Lipinski definition) is 2. The van der Waals surface area contributed by atoms with Gasteiger partial charge in [-0.25, -0.2) is 10.9 Å². The minimum Gasteiger partial charge on any atom is -0.492 e. The highest BCUT2D eigenvalue weighted by Gasteiger charge is 2.26. The second-order valence-electron chi connectivity index (χ2n) is 7.90. The Morgan fingerprint density at radius 2 is 1.86 bits per heavy atom. The zero-order valence-corrected chi connectivity index (χ0v) is 17.3. The van der Waals surface area contributed by atoms with Crippen LogP contribution in [0, 0.1) is 0 Å². The van der Waals surface area contributed by atoms with E-state index in [1.165, 1.54) is 5.01 Å². The van der Waals surface area contributed by atoms with Crippen LogP contribution in [0.1, 0.15) is 36.8 Å². The van der Waals surface area contributed by atoms with Crippen molar-refractivity contribution in [3.05, 3.63) is 53.7 Å². The third-order valence-electron chi connectivity index (χ3n) is 5.06. The van der Waals surface area contributed by atoms with Crippen LogP contribution in [-0.4, -0.2) is 24.6 Å². The number of ether oxygens (including phenoxy) is 1. The average Bonchev–Trinajstić information content (AvgIpc) is 3.01. The number of carbonyl (C=O) groups excluding carboxylic acids is 1. The molecular weight excluding hydrogens is 352 g/mol. The van der Waals surface area contributed by atoms with E-state index in [4.69, 9.17) is 10.6 Å². The third-order valence-corrected chi connectivity index (χ3v) is 5.06. The van der Waals surface area contributed by atoms with Crippen molar-refractivity contribution in [3.63, 3.8) is 0 Å². The smallest absolute Gasteiger partial charge is 0.289 e. The number of fused-ring (bicyclic) bond motifs is 1. The Bertz CT molecular complexity index is 1030. The Labute approximate surface area is 165 Å². The van der Waals surface area contributed by atoms with E-state index in [-0.39, 0.29) is 11.3 Å². The predicted octanol–water partition coefficient (Wildman–Crippen LogP) is 4.05. The third kappa shape index (κ3) is 3.31. The minimum atomic E-state index is -0.301. The molecule has 0 saturated carbocycles. The van der Waals surface area contributed by atoms with Crippen LogP contribution in [0.3, 0.4) is 0 Å². The van der Waals surface area contributed by atoms with Crippen molar-refractivity contribution < 1.29 is 9.53 Å². The standard InChI is InChI=1S/C22H28N4O2/c1-22(2,3)15-12-16(24-4)20(28-6)18(13-15)26(23)21(27)19-11-14-9-7-8-10-17(14)25(19)5/h7-13,24H,23H2,1-6H3. The first-order valence-corrected chi connectivity index (χ1v) is 9.23. The minimum absolute atomic E-state index is 0.115. The van der Waals surface area contributed by atoms with Gasteiger partial charge in [0.2, 0.25) is 0 Å². The van der Waals surface area contributed by atoms with Gasteiger partial charge in [0, 0.05) is 25.0 Å². The van der Waals surface area contributed by atoms with Gasteiger partial charge in [0.15, 0.2) is 5.75 Å². The number of benzene rings is 2. The van der Waals surface area contributed by atoms with Crippen molar-refractivity contribution >= 4 is 28.2 Å². The lowest BCUT2D eigenvalue weighted by atomic mass is 9.86. The molecule has 2 aromatic carbocycles. The molecule has 0 unspecified atom stereocenters. The summed E-state index contributed by atoms with van der Waals surface area (Å²) in [6.45, 7) is 6.35. The molecule has 1 aromatic heterocycles. The number of rotatable bonds is 4. The summed E-state index contributed by atoms with van der Waals surface area (Å²) < 4.78 is 7.45. The molecule has 28 heavy (non-hydrogen) atoms. The van der Waals surface area contributed by atoms with Crippen molar-refractivity contribution in [1.82, 2.24) is 4.57 Å². The molecule has 0 aliphatic carbocycles. The highest BCUT2D eigenvalue weighted by molar-refractivity contribution is 6.08. The van der Waals surface area contributed by atoms with Crippen LogP contribution < -0.4 is 20.9 Å². The number of nitrogens with two attached hydrogens (primary N) is 1. The van der Waals surface area contributed by atoms with E-state index in [9.17, 15) is 4.79 Å². The fourth-order valence-electron chi connectivity index (χ4n) is 3.35. The lowest BCUT2D eigenvalue weighted by Crippen LogP contribution is -2.39. The van der Waals surface area contributed by atoms with Crippen molar-refractivity contribution in [2.75, 3.05) is 24.5 Å². The first kappa shape index (κ1) is 19.8. The molecule has 0 fully saturated rings. The molecule has 0 bridgehead atoms. The molecule has 0 saturated heterocycles. The highest BCUT2D eigenvalue weighted by Crippen LogP contribution is 2.40. The Morgan fingerprint density at radius 3 is 2.43 bits per heavy atom. The number of methoxy groups -OCH3 is 1. The summed E-state index contributed by atoms with van der Waals surface area (Å²) >= 11 is 0. The Hall–Kier alpha value is -2.99. The lowest BCUT2D eigenvalue weighted by molar-refractivity contribution is 0.0979. The summed E-state index contributed by atoms with van der Waals surface area (Å²) in [6, 6.07) is 13.7. The van der Waals surface area contributed by atoms with Crippen LogP contribution in [0.4, 0.5) is 11.4 Å². The second kappa shape index (κ2) is 7.20. The number of aryl methyl sites for hydroxylation is 1. The monoisotopic (exact) mass is 380 g/mol. The maximum absolute atomic E-state index is 13.3. The quantitative estimate of drug-likeness (QED) is 0.407. The van der Waals surface area contributed by atoms with Gasteiger partial charge in [0.1, 0.15) is 11.4 Å². The Balaban J connectivity index is 2.13. The van der Waals surface area contributed by atoms with E-state index in [1.54, 1.807) is 7.11 Å². The molecule has 0 aliphatic rings. The first-order valence-electron chi connectivity index (χ1n) is 9.23. The molecule has 0 spiro atoms. The fraction of sp³-hybridized carbons (Fsp3) is 0.318. The van der Waals surface area contributed by atoms with Gasteiger partial charge >= 0.3 is 0 Å². The number of nitrogens with one attached hydrogen (secondary N) is 1. The van der Waals surface area contributed by atoms with E-state index >= 15 is 0 Å². The number of amides is 1. The van der Waals surface area contributed by atoms with E-state index in [1.807, 2.05) is 61.1 Å². The van der Waals surface area contributed by atoms with Crippen LogP contribution in [0.5, 0.6) is 5.75 Å². The van der Waals surface area contributed by atoms with E-state index < -0.39 is 0 Å². The van der Waals surface area contributed by atoms with Gasteiger partial charge in [0.25, 0.3) is 5.91 Å². The normalized spacial score (nSPS) is 11.5. The number of hydrazine groups is 1. The molecule has 6 heteroatoms. The molecule has 3 aromatic rings. The molecule has 6 nitrogen and oxygen atoms in total.